The minimum absolute atomic E-state index is 0.0556. The number of aliphatic carboxylic acids is 1. The predicted octanol–water partition coefficient (Wildman–Crippen LogP) is 2.26. The first-order valence-corrected chi connectivity index (χ1v) is 5.26. The van der Waals surface area contributed by atoms with Crippen LogP contribution < -0.4 is 4.74 Å². The van der Waals surface area contributed by atoms with Gasteiger partial charge in [0.15, 0.2) is 0 Å². The number of aromatic nitrogens is 1. The summed E-state index contributed by atoms with van der Waals surface area (Å²) < 4.78 is 30.3. The zero-order chi connectivity index (χ0) is 12.3. The van der Waals surface area contributed by atoms with Gasteiger partial charge < -0.3 is 9.84 Å². The maximum atomic E-state index is 12.6. The summed E-state index contributed by atoms with van der Waals surface area (Å²) in [7, 11) is 1.33. The summed E-state index contributed by atoms with van der Waals surface area (Å²) in [6.45, 7) is 0. The van der Waals surface area contributed by atoms with Gasteiger partial charge in [0.2, 0.25) is 0 Å². The zero-order valence-corrected chi connectivity index (χ0v) is 10.4. The van der Waals surface area contributed by atoms with E-state index in [0.717, 1.165) is 0 Å². The molecule has 0 atom stereocenters. The monoisotopic (exact) mass is 343 g/mol. The molecule has 1 heterocycles. The van der Waals surface area contributed by atoms with Gasteiger partial charge in [0.25, 0.3) is 6.43 Å². The molecule has 0 aromatic carbocycles. The Labute approximate surface area is 104 Å². The van der Waals surface area contributed by atoms with Gasteiger partial charge in [0.1, 0.15) is 11.4 Å². The van der Waals surface area contributed by atoms with Crippen LogP contribution >= 0.6 is 22.6 Å². The quantitative estimate of drug-likeness (QED) is 0.852. The van der Waals surface area contributed by atoms with Gasteiger partial charge in [-0.15, -0.1) is 0 Å². The van der Waals surface area contributed by atoms with Gasteiger partial charge >= 0.3 is 5.97 Å². The van der Waals surface area contributed by atoms with Gasteiger partial charge in [-0.3, -0.25) is 4.79 Å². The highest BCUT2D eigenvalue weighted by Gasteiger charge is 2.19. The number of hydrogen-bond acceptors (Lipinski definition) is 3. The molecule has 0 radical (unpaired) electrons. The number of methoxy groups -OCH3 is 1. The van der Waals surface area contributed by atoms with Gasteiger partial charge in [-0.2, -0.15) is 0 Å². The Balaban J connectivity index is 3.22. The number of pyridine rings is 1. The van der Waals surface area contributed by atoms with Crippen LogP contribution in [-0.2, 0) is 11.2 Å². The van der Waals surface area contributed by atoms with E-state index in [-0.39, 0.29) is 15.0 Å². The SMILES string of the molecule is COc1cc(CC(=O)O)nc(C(F)F)c1I. The third-order valence-corrected chi connectivity index (χ3v) is 2.85. The van der Waals surface area contributed by atoms with Crippen molar-refractivity contribution in [1.82, 2.24) is 4.98 Å². The fraction of sp³-hybridized carbons (Fsp3) is 0.333. The Morgan fingerprint density at radius 3 is 2.75 bits per heavy atom. The van der Waals surface area contributed by atoms with Crippen molar-refractivity contribution in [3.8, 4) is 5.75 Å². The van der Waals surface area contributed by atoms with Crippen LogP contribution in [0.3, 0.4) is 0 Å². The number of alkyl halides is 2. The van der Waals surface area contributed by atoms with Gasteiger partial charge in [0.05, 0.1) is 22.8 Å². The standard InChI is InChI=1S/C9H8F2INO3/c1-16-5-2-4(3-6(14)15)13-8(7(5)12)9(10)11/h2,9H,3H2,1H3,(H,14,15). The van der Waals surface area contributed by atoms with Crippen LogP contribution in [0.1, 0.15) is 17.8 Å². The third kappa shape index (κ3) is 3.00. The second-order valence-electron chi connectivity index (χ2n) is 2.89. The fourth-order valence-electron chi connectivity index (χ4n) is 1.12. The molecule has 0 aliphatic heterocycles. The first-order valence-electron chi connectivity index (χ1n) is 4.19. The number of carboxylic acids is 1. The molecule has 0 amide bonds. The van der Waals surface area contributed by atoms with Crippen molar-refractivity contribution in [3.63, 3.8) is 0 Å². The van der Waals surface area contributed by atoms with Crippen molar-refractivity contribution in [2.45, 2.75) is 12.8 Å². The summed E-state index contributed by atoms with van der Waals surface area (Å²) in [5, 5.41) is 8.56. The Bertz CT molecular complexity index is 412. The number of rotatable bonds is 4. The maximum absolute atomic E-state index is 12.6. The summed E-state index contributed by atoms with van der Waals surface area (Å²) in [4.78, 5) is 14.1. The van der Waals surface area contributed by atoms with Gasteiger partial charge in [-0.05, 0) is 22.6 Å². The lowest BCUT2D eigenvalue weighted by Crippen LogP contribution is -2.07. The number of hydrogen-bond donors (Lipinski definition) is 1. The maximum Gasteiger partial charge on any atom is 0.309 e. The first-order chi connectivity index (χ1) is 7.45. The van der Waals surface area contributed by atoms with E-state index in [9.17, 15) is 13.6 Å². The van der Waals surface area contributed by atoms with E-state index in [1.165, 1.54) is 13.2 Å². The van der Waals surface area contributed by atoms with Crippen molar-refractivity contribution in [1.29, 1.82) is 0 Å². The highest BCUT2D eigenvalue weighted by molar-refractivity contribution is 14.1. The summed E-state index contributed by atoms with van der Waals surface area (Å²) in [5.74, 6) is -0.918. The molecule has 0 aliphatic carbocycles. The van der Waals surface area contributed by atoms with Crippen molar-refractivity contribution in [3.05, 3.63) is 21.0 Å². The molecule has 1 N–H and O–H groups in total. The fourth-order valence-corrected chi connectivity index (χ4v) is 1.85. The van der Waals surface area contributed by atoms with Gasteiger partial charge in [-0.25, -0.2) is 13.8 Å². The highest BCUT2D eigenvalue weighted by Crippen LogP contribution is 2.30. The van der Waals surface area contributed by atoms with Crippen molar-refractivity contribution >= 4 is 28.6 Å². The molecule has 16 heavy (non-hydrogen) atoms. The van der Waals surface area contributed by atoms with Crippen LogP contribution in [0.4, 0.5) is 8.78 Å². The van der Waals surface area contributed by atoms with Crippen molar-refractivity contribution < 1.29 is 23.4 Å². The van der Waals surface area contributed by atoms with E-state index in [2.05, 4.69) is 4.98 Å². The molecule has 1 aromatic heterocycles. The summed E-state index contributed by atoms with van der Waals surface area (Å²) >= 11 is 1.69. The molecule has 0 bridgehead atoms. The number of carbonyl (C=O) groups is 1. The molecule has 88 valence electrons. The number of halogens is 3. The minimum atomic E-state index is -2.76. The number of ether oxygens (including phenoxy) is 1. The molecule has 0 saturated carbocycles. The largest absolute Gasteiger partial charge is 0.496 e. The average molecular weight is 343 g/mol. The van der Waals surface area contributed by atoms with Crippen molar-refractivity contribution in [2.24, 2.45) is 0 Å². The Morgan fingerprint density at radius 2 is 2.31 bits per heavy atom. The molecule has 0 unspecified atom stereocenters. The average Bonchev–Trinajstić information content (AvgIpc) is 2.19. The van der Waals surface area contributed by atoms with Crippen LogP contribution in [0, 0.1) is 3.57 Å². The molecule has 1 aromatic rings. The van der Waals surface area contributed by atoms with Gasteiger partial charge in [-0.1, -0.05) is 0 Å². The van der Waals surface area contributed by atoms with E-state index in [0.29, 0.717) is 0 Å². The summed E-state index contributed by atoms with van der Waals surface area (Å²) in [6, 6.07) is 1.35. The van der Waals surface area contributed by atoms with Crippen LogP contribution in [0.5, 0.6) is 5.75 Å². The van der Waals surface area contributed by atoms with E-state index in [1.54, 1.807) is 22.6 Å². The molecular weight excluding hydrogens is 335 g/mol. The van der Waals surface area contributed by atoms with Crippen LogP contribution in [0.2, 0.25) is 0 Å². The van der Waals surface area contributed by atoms with Crippen LogP contribution in [0.15, 0.2) is 6.07 Å². The summed E-state index contributed by atoms with van der Waals surface area (Å²) in [6.07, 6.45) is -3.16. The lowest BCUT2D eigenvalue weighted by atomic mass is 10.2. The molecule has 0 saturated heterocycles. The minimum Gasteiger partial charge on any atom is -0.496 e. The molecule has 1 rings (SSSR count). The molecular formula is C9H8F2INO3. The normalized spacial score (nSPS) is 10.6. The Morgan fingerprint density at radius 1 is 1.69 bits per heavy atom. The molecule has 0 fully saturated rings. The predicted molar refractivity (Wildman–Crippen MR) is 59.8 cm³/mol. The lowest BCUT2D eigenvalue weighted by molar-refractivity contribution is -0.136. The number of carboxylic acid groups (broad SMARTS) is 1. The Hall–Kier alpha value is -0.990. The van der Waals surface area contributed by atoms with Crippen LogP contribution in [0.25, 0.3) is 0 Å². The topological polar surface area (TPSA) is 59.4 Å². The Kier molecular flexibility index (Phi) is 4.39. The molecule has 7 heteroatoms. The lowest BCUT2D eigenvalue weighted by Gasteiger charge is -2.09. The molecule has 0 spiro atoms. The van der Waals surface area contributed by atoms with E-state index < -0.39 is 24.5 Å². The first kappa shape index (κ1) is 13.1. The summed E-state index contributed by atoms with van der Waals surface area (Å²) in [5.41, 5.74) is -0.392. The molecule has 4 nitrogen and oxygen atoms in total. The van der Waals surface area contributed by atoms with Gasteiger partial charge in [0, 0.05) is 6.07 Å². The van der Waals surface area contributed by atoms with E-state index in [4.69, 9.17) is 9.84 Å². The highest BCUT2D eigenvalue weighted by atomic mass is 127. The number of nitrogens with zero attached hydrogens (tertiary/aromatic N) is 1. The second-order valence-corrected chi connectivity index (χ2v) is 3.97. The van der Waals surface area contributed by atoms with Crippen LogP contribution in [-0.4, -0.2) is 23.2 Å². The van der Waals surface area contributed by atoms with E-state index in [1.807, 2.05) is 0 Å². The molecule has 0 aliphatic rings. The van der Waals surface area contributed by atoms with Crippen molar-refractivity contribution in [2.75, 3.05) is 7.11 Å². The zero-order valence-electron chi connectivity index (χ0n) is 8.21. The third-order valence-electron chi connectivity index (χ3n) is 1.76. The second kappa shape index (κ2) is 5.37. The smallest absolute Gasteiger partial charge is 0.309 e. The van der Waals surface area contributed by atoms with E-state index >= 15 is 0 Å².